The van der Waals surface area contributed by atoms with E-state index in [0.717, 1.165) is 15.4 Å². The van der Waals surface area contributed by atoms with Crippen LogP contribution in [0, 0.1) is 12.8 Å². The van der Waals surface area contributed by atoms with Crippen molar-refractivity contribution in [3.8, 4) is 0 Å². The zero-order valence-electron chi connectivity index (χ0n) is 14.9. The molecule has 1 N–H and O–H groups in total. The minimum absolute atomic E-state index is 0.0809. The lowest BCUT2D eigenvalue weighted by Crippen LogP contribution is -2.30. The Morgan fingerprint density at radius 2 is 1.96 bits per heavy atom. The smallest absolute Gasteiger partial charge is 0.253 e. The standard InChI is InChI=1S/C19H19ClN2O4S/c1-12-5-3-4-6-14(12)10-21-18(23)16-8-7-15(9-17(16)20)22-19(24)13(2)11-27(22,25)26/h3-9,13H,10-11H2,1-2H3,(H,21,23)/t13-/m1/s1. The minimum atomic E-state index is -3.71. The number of aryl methyl sites for hydroxylation is 1. The van der Waals surface area contributed by atoms with Crippen LogP contribution >= 0.6 is 11.6 Å². The Morgan fingerprint density at radius 3 is 2.56 bits per heavy atom. The van der Waals surface area contributed by atoms with Crippen molar-refractivity contribution in [2.75, 3.05) is 10.1 Å². The lowest BCUT2D eigenvalue weighted by atomic mass is 10.1. The Labute approximate surface area is 163 Å². The molecule has 0 unspecified atom stereocenters. The van der Waals surface area contributed by atoms with Crippen LogP contribution in [0.2, 0.25) is 5.02 Å². The highest BCUT2D eigenvalue weighted by Gasteiger charge is 2.42. The molecule has 0 saturated carbocycles. The summed E-state index contributed by atoms with van der Waals surface area (Å²) in [6.45, 7) is 3.87. The van der Waals surface area contributed by atoms with Gasteiger partial charge < -0.3 is 5.32 Å². The molecule has 1 atom stereocenters. The Kier molecular flexibility index (Phi) is 5.26. The molecule has 0 aromatic heterocycles. The van der Waals surface area contributed by atoms with Gasteiger partial charge in [0, 0.05) is 6.54 Å². The summed E-state index contributed by atoms with van der Waals surface area (Å²) in [5.41, 5.74) is 2.41. The normalized spacial score (nSPS) is 18.6. The number of nitrogens with zero attached hydrogens (tertiary/aromatic N) is 1. The minimum Gasteiger partial charge on any atom is -0.348 e. The highest BCUT2D eigenvalue weighted by atomic mass is 35.5. The summed E-state index contributed by atoms with van der Waals surface area (Å²) < 4.78 is 25.1. The van der Waals surface area contributed by atoms with Crippen LogP contribution in [-0.4, -0.2) is 26.0 Å². The largest absolute Gasteiger partial charge is 0.348 e. The molecule has 0 bridgehead atoms. The van der Waals surface area contributed by atoms with Gasteiger partial charge in [-0.2, -0.15) is 0 Å². The molecule has 3 rings (SSSR count). The predicted octanol–water partition coefficient (Wildman–Crippen LogP) is 2.89. The quantitative estimate of drug-likeness (QED) is 0.846. The third kappa shape index (κ3) is 3.84. The van der Waals surface area contributed by atoms with Gasteiger partial charge in [-0.05, 0) is 36.2 Å². The number of anilines is 1. The monoisotopic (exact) mass is 406 g/mol. The van der Waals surface area contributed by atoms with Gasteiger partial charge >= 0.3 is 0 Å². The molecule has 142 valence electrons. The van der Waals surface area contributed by atoms with E-state index in [-0.39, 0.29) is 27.9 Å². The average Bonchev–Trinajstić information content (AvgIpc) is 2.81. The molecule has 0 spiro atoms. The molecule has 2 aromatic rings. The molecule has 8 heteroatoms. The second-order valence-corrected chi connectivity index (χ2v) is 8.83. The lowest BCUT2D eigenvalue weighted by Gasteiger charge is -2.16. The van der Waals surface area contributed by atoms with Crippen molar-refractivity contribution in [2.45, 2.75) is 20.4 Å². The SMILES string of the molecule is Cc1ccccc1CNC(=O)c1ccc(N2C(=O)[C@H](C)CS2(=O)=O)cc1Cl. The highest BCUT2D eigenvalue weighted by molar-refractivity contribution is 7.94. The summed E-state index contributed by atoms with van der Waals surface area (Å²) in [7, 11) is -3.71. The van der Waals surface area contributed by atoms with Gasteiger partial charge in [0.2, 0.25) is 15.9 Å². The Hall–Kier alpha value is -2.38. The number of benzene rings is 2. The molecule has 6 nitrogen and oxygen atoms in total. The van der Waals surface area contributed by atoms with Crippen LogP contribution in [0.3, 0.4) is 0 Å². The average molecular weight is 407 g/mol. The molecule has 0 aliphatic carbocycles. The van der Waals surface area contributed by atoms with Crippen molar-refractivity contribution in [1.82, 2.24) is 5.32 Å². The van der Waals surface area contributed by atoms with Crippen molar-refractivity contribution in [3.05, 3.63) is 64.2 Å². The maximum Gasteiger partial charge on any atom is 0.253 e. The van der Waals surface area contributed by atoms with Crippen molar-refractivity contribution in [2.24, 2.45) is 5.92 Å². The molecule has 1 aliphatic heterocycles. The Morgan fingerprint density at radius 1 is 1.26 bits per heavy atom. The number of rotatable bonds is 4. The zero-order chi connectivity index (χ0) is 19.8. The maximum absolute atomic E-state index is 12.4. The van der Waals surface area contributed by atoms with Crippen molar-refractivity contribution < 1.29 is 18.0 Å². The molecule has 2 amide bonds. The maximum atomic E-state index is 12.4. The third-order valence-electron chi connectivity index (χ3n) is 4.49. The molecule has 1 fully saturated rings. The predicted molar refractivity (Wildman–Crippen MR) is 104 cm³/mol. The number of carbonyl (C=O) groups is 2. The van der Waals surface area contributed by atoms with Gasteiger partial charge in [0.05, 0.1) is 27.9 Å². The first-order chi connectivity index (χ1) is 12.7. The van der Waals surface area contributed by atoms with Crippen LogP contribution in [0.5, 0.6) is 0 Å². The number of halogens is 1. The topological polar surface area (TPSA) is 83.6 Å². The van der Waals surface area contributed by atoms with E-state index in [1.165, 1.54) is 18.2 Å². The van der Waals surface area contributed by atoms with Gasteiger partial charge in [0.25, 0.3) is 5.91 Å². The van der Waals surface area contributed by atoms with Gasteiger partial charge in [-0.3, -0.25) is 9.59 Å². The lowest BCUT2D eigenvalue weighted by molar-refractivity contribution is -0.119. The first-order valence-electron chi connectivity index (χ1n) is 8.40. The Bertz CT molecular complexity index is 1020. The zero-order valence-corrected chi connectivity index (χ0v) is 16.5. The number of sulfonamides is 1. The fraction of sp³-hybridized carbons (Fsp3) is 0.263. The first-order valence-corrected chi connectivity index (χ1v) is 10.4. The highest BCUT2D eigenvalue weighted by Crippen LogP contribution is 2.31. The van der Waals surface area contributed by atoms with Crippen molar-refractivity contribution in [3.63, 3.8) is 0 Å². The number of hydrogen-bond donors (Lipinski definition) is 1. The summed E-state index contributed by atoms with van der Waals surface area (Å²) >= 11 is 6.20. The molecular weight excluding hydrogens is 388 g/mol. The fourth-order valence-electron chi connectivity index (χ4n) is 2.98. The van der Waals surface area contributed by atoms with E-state index >= 15 is 0 Å². The summed E-state index contributed by atoms with van der Waals surface area (Å²) in [5.74, 6) is -1.71. The van der Waals surface area contributed by atoms with Gasteiger partial charge in [0.15, 0.2) is 0 Å². The van der Waals surface area contributed by atoms with Crippen LogP contribution in [0.25, 0.3) is 0 Å². The second kappa shape index (κ2) is 7.32. The Balaban J connectivity index is 1.80. The van der Waals surface area contributed by atoms with Crippen molar-refractivity contribution >= 4 is 39.1 Å². The van der Waals surface area contributed by atoms with Crippen LogP contribution < -0.4 is 9.62 Å². The molecule has 1 aliphatic rings. The first kappa shape index (κ1) is 19.4. The van der Waals surface area contributed by atoms with Crippen LogP contribution in [0.4, 0.5) is 5.69 Å². The van der Waals surface area contributed by atoms with E-state index in [9.17, 15) is 18.0 Å². The summed E-state index contributed by atoms with van der Waals surface area (Å²) in [6.07, 6.45) is 0. The molecule has 2 aromatic carbocycles. The van der Waals surface area contributed by atoms with Crippen molar-refractivity contribution in [1.29, 1.82) is 0 Å². The molecule has 1 heterocycles. The summed E-state index contributed by atoms with van der Waals surface area (Å²) in [5, 5.41) is 2.88. The van der Waals surface area contributed by atoms with E-state index in [1.54, 1.807) is 6.92 Å². The van der Waals surface area contributed by atoms with Gasteiger partial charge in [-0.25, -0.2) is 12.7 Å². The van der Waals surface area contributed by atoms with E-state index in [1.807, 2.05) is 31.2 Å². The van der Waals surface area contributed by atoms with Crippen LogP contribution in [0.15, 0.2) is 42.5 Å². The number of hydrogen-bond acceptors (Lipinski definition) is 4. The summed E-state index contributed by atoms with van der Waals surface area (Å²) in [6, 6.07) is 11.9. The molecule has 27 heavy (non-hydrogen) atoms. The number of carbonyl (C=O) groups excluding carboxylic acids is 2. The van der Waals surface area contributed by atoms with Gasteiger partial charge in [-0.1, -0.05) is 42.8 Å². The number of amides is 2. The van der Waals surface area contributed by atoms with E-state index in [0.29, 0.717) is 6.54 Å². The molecule has 0 radical (unpaired) electrons. The van der Waals surface area contributed by atoms with E-state index in [4.69, 9.17) is 11.6 Å². The van der Waals surface area contributed by atoms with E-state index < -0.39 is 21.8 Å². The summed E-state index contributed by atoms with van der Waals surface area (Å²) in [4.78, 5) is 24.6. The fourth-order valence-corrected chi connectivity index (χ4v) is 5.05. The van der Waals surface area contributed by atoms with Crippen LogP contribution in [-0.2, 0) is 21.4 Å². The van der Waals surface area contributed by atoms with Gasteiger partial charge in [-0.15, -0.1) is 0 Å². The molecular formula is C19H19ClN2O4S. The second-order valence-electron chi connectivity index (χ2n) is 6.56. The third-order valence-corrected chi connectivity index (χ3v) is 6.67. The molecule has 1 saturated heterocycles. The van der Waals surface area contributed by atoms with Gasteiger partial charge in [0.1, 0.15) is 0 Å². The van der Waals surface area contributed by atoms with Crippen LogP contribution in [0.1, 0.15) is 28.4 Å². The number of nitrogens with one attached hydrogen (secondary N) is 1. The van der Waals surface area contributed by atoms with E-state index in [2.05, 4.69) is 5.32 Å².